The zero-order chi connectivity index (χ0) is 17.6. The quantitative estimate of drug-likeness (QED) is 0.323. The highest BCUT2D eigenvalue weighted by molar-refractivity contribution is 9.13. The second-order valence-corrected chi connectivity index (χ2v) is 7.75. The summed E-state index contributed by atoms with van der Waals surface area (Å²) >= 11 is 7.36. The maximum atomic E-state index is 4.98. The van der Waals surface area contributed by atoms with E-state index in [1.165, 1.54) is 16.7 Å². The summed E-state index contributed by atoms with van der Waals surface area (Å²) in [6.07, 6.45) is 0. The van der Waals surface area contributed by atoms with Crippen LogP contribution in [0.2, 0.25) is 0 Å². The van der Waals surface area contributed by atoms with E-state index in [1.807, 2.05) is 18.2 Å². The Labute approximate surface area is 163 Å². The van der Waals surface area contributed by atoms with E-state index in [0.717, 1.165) is 31.5 Å². The maximum absolute atomic E-state index is 4.98. The first-order valence-corrected chi connectivity index (χ1v) is 9.65. The predicted molar refractivity (Wildman–Crippen MR) is 111 cm³/mol. The van der Waals surface area contributed by atoms with Crippen LogP contribution in [0, 0.1) is 13.8 Å². The van der Waals surface area contributed by atoms with Crippen molar-refractivity contribution in [2.45, 2.75) is 13.8 Å². The lowest BCUT2D eigenvalue weighted by Crippen LogP contribution is -2.01. The topological polar surface area (TPSA) is 17.8 Å². The van der Waals surface area contributed by atoms with E-state index in [9.17, 15) is 0 Å². The van der Waals surface area contributed by atoms with Crippen LogP contribution < -0.4 is 0 Å². The summed E-state index contributed by atoms with van der Waals surface area (Å²) in [6, 6.07) is 20.8. The highest BCUT2D eigenvalue weighted by Crippen LogP contribution is 2.37. The molecule has 0 N–H and O–H groups in total. The fraction of sp³-hybridized carbons (Fsp3) is 0.0952. The summed E-state index contributed by atoms with van der Waals surface area (Å²) in [7, 11) is 0. The number of benzene rings is 3. The van der Waals surface area contributed by atoms with Crippen LogP contribution in [-0.2, 0) is 0 Å². The molecule has 0 bridgehead atoms. The van der Waals surface area contributed by atoms with Crippen LogP contribution in [0.25, 0.3) is 28.1 Å². The average Bonchev–Trinajstić information content (AvgIpc) is 2.96. The van der Waals surface area contributed by atoms with E-state index in [4.69, 9.17) is 4.98 Å². The molecule has 0 unspecified atom stereocenters. The molecule has 0 radical (unpaired) electrons. The van der Waals surface area contributed by atoms with Crippen LogP contribution in [0.15, 0.2) is 69.6 Å². The zero-order valence-corrected chi connectivity index (χ0v) is 17.1. The van der Waals surface area contributed by atoms with Gasteiger partial charge in [0.05, 0.1) is 21.2 Å². The minimum Gasteiger partial charge on any atom is -0.291 e. The van der Waals surface area contributed by atoms with Crippen molar-refractivity contribution in [3.8, 4) is 17.1 Å². The van der Waals surface area contributed by atoms with Crippen LogP contribution in [-0.4, -0.2) is 9.55 Å². The zero-order valence-electron chi connectivity index (χ0n) is 13.9. The van der Waals surface area contributed by atoms with Gasteiger partial charge in [0.1, 0.15) is 5.82 Å². The van der Waals surface area contributed by atoms with Crippen molar-refractivity contribution in [1.29, 1.82) is 0 Å². The van der Waals surface area contributed by atoms with Gasteiger partial charge in [-0.05, 0) is 81.1 Å². The Balaban J connectivity index is 2.15. The van der Waals surface area contributed by atoms with Crippen molar-refractivity contribution in [1.82, 2.24) is 9.55 Å². The van der Waals surface area contributed by atoms with Crippen molar-refractivity contribution >= 4 is 42.9 Å². The summed E-state index contributed by atoms with van der Waals surface area (Å²) in [6.45, 7) is 4.28. The Morgan fingerprint density at radius 3 is 2.24 bits per heavy atom. The second kappa shape index (κ2) is 6.43. The van der Waals surface area contributed by atoms with E-state index < -0.39 is 0 Å². The summed E-state index contributed by atoms with van der Waals surface area (Å²) < 4.78 is 4.28. The van der Waals surface area contributed by atoms with Gasteiger partial charge in [0.2, 0.25) is 0 Å². The van der Waals surface area contributed by atoms with Crippen molar-refractivity contribution in [2.24, 2.45) is 0 Å². The minimum absolute atomic E-state index is 0.968. The van der Waals surface area contributed by atoms with Gasteiger partial charge in [0, 0.05) is 10.0 Å². The number of hydrogen-bond donors (Lipinski definition) is 0. The molecule has 124 valence electrons. The molecule has 0 aliphatic rings. The van der Waals surface area contributed by atoms with E-state index >= 15 is 0 Å². The van der Waals surface area contributed by atoms with Crippen LogP contribution >= 0.6 is 31.9 Å². The first kappa shape index (κ1) is 16.6. The first-order valence-electron chi connectivity index (χ1n) is 8.06. The van der Waals surface area contributed by atoms with Crippen molar-refractivity contribution in [3.05, 3.63) is 80.7 Å². The molecular weight excluding hydrogens is 440 g/mol. The fourth-order valence-electron chi connectivity index (χ4n) is 3.27. The number of fused-ring (bicyclic) bond motifs is 1. The molecule has 0 aliphatic carbocycles. The summed E-state index contributed by atoms with van der Waals surface area (Å²) in [5.74, 6) is 0.968. The smallest absolute Gasteiger partial charge is 0.146 e. The van der Waals surface area contributed by atoms with Crippen LogP contribution in [0.4, 0.5) is 0 Å². The monoisotopic (exact) mass is 454 g/mol. The van der Waals surface area contributed by atoms with Gasteiger partial charge in [-0.1, -0.05) is 36.4 Å². The molecule has 0 amide bonds. The Hall–Kier alpha value is -1.91. The van der Waals surface area contributed by atoms with E-state index in [0.29, 0.717) is 0 Å². The van der Waals surface area contributed by atoms with E-state index in [1.54, 1.807) is 0 Å². The third kappa shape index (κ3) is 2.74. The molecule has 0 fully saturated rings. The Morgan fingerprint density at radius 2 is 1.48 bits per heavy atom. The molecule has 3 aromatic carbocycles. The maximum Gasteiger partial charge on any atom is 0.146 e. The van der Waals surface area contributed by atoms with Crippen molar-refractivity contribution < 1.29 is 0 Å². The molecule has 4 aromatic rings. The lowest BCUT2D eigenvalue weighted by atomic mass is 10.0. The number of nitrogens with zero attached hydrogens (tertiary/aromatic N) is 2. The lowest BCUT2D eigenvalue weighted by molar-refractivity contribution is 1.08. The van der Waals surface area contributed by atoms with E-state index in [-0.39, 0.29) is 0 Å². The summed E-state index contributed by atoms with van der Waals surface area (Å²) in [5.41, 5.74) is 6.79. The third-order valence-electron chi connectivity index (χ3n) is 4.44. The molecule has 1 heterocycles. The number of halogens is 2. The third-order valence-corrected chi connectivity index (χ3v) is 6.46. The number of aryl methyl sites for hydroxylation is 2. The lowest BCUT2D eigenvalue weighted by Gasteiger charge is -2.15. The Kier molecular flexibility index (Phi) is 4.26. The molecule has 0 saturated heterocycles. The summed E-state index contributed by atoms with van der Waals surface area (Å²) in [4.78, 5) is 4.98. The van der Waals surface area contributed by atoms with Crippen LogP contribution in [0.1, 0.15) is 11.1 Å². The predicted octanol–water partition coefficient (Wildman–Crippen LogP) is 6.83. The van der Waals surface area contributed by atoms with Gasteiger partial charge in [0.25, 0.3) is 0 Å². The molecule has 0 atom stereocenters. The SMILES string of the molecule is Cc1cccc(C)c1-c1nc2ccccc2n1-c1cccc(Br)c1Br. The van der Waals surface area contributed by atoms with Gasteiger partial charge in [-0.25, -0.2) is 4.98 Å². The molecule has 25 heavy (non-hydrogen) atoms. The van der Waals surface area contributed by atoms with Crippen molar-refractivity contribution in [3.63, 3.8) is 0 Å². The van der Waals surface area contributed by atoms with Gasteiger partial charge < -0.3 is 0 Å². The average molecular weight is 456 g/mol. The number of hydrogen-bond acceptors (Lipinski definition) is 1. The first-order chi connectivity index (χ1) is 12.1. The van der Waals surface area contributed by atoms with Gasteiger partial charge in [0.15, 0.2) is 0 Å². The largest absolute Gasteiger partial charge is 0.291 e. The highest BCUT2D eigenvalue weighted by atomic mass is 79.9. The van der Waals surface area contributed by atoms with Crippen molar-refractivity contribution in [2.75, 3.05) is 0 Å². The minimum atomic E-state index is 0.968. The number of aromatic nitrogens is 2. The molecule has 4 rings (SSSR count). The normalized spacial score (nSPS) is 11.2. The molecule has 0 saturated carbocycles. The summed E-state index contributed by atoms with van der Waals surface area (Å²) in [5, 5.41) is 0. The standard InChI is InChI=1S/C21H16Br2N2/c1-13-7-5-8-14(2)19(13)21-24-16-10-3-4-11-17(16)25(21)18-12-6-9-15(22)20(18)23/h3-12H,1-2H3. The fourth-order valence-corrected chi connectivity index (χ4v) is 4.07. The van der Waals surface area contributed by atoms with Gasteiger partial charge in [-0.3, -0.25) is 4.57 Å². The molecule has 2 nitrogen and oxygen atoms in total. The number of imidazole rings is 1. The Morgan fingerprint density at radius 1 is 0.800 bits per heavy atom. The van der Waals surface area contributed by atoms with Gasteiger partial charge in [-0.15, -0.1) is 0 Å². The number of para-hydroxylation sites is 2. The van der Waals surface area contributed by atoms with Gasteiger partial charge >= 0.3 is 0 Å². The second-order valence-electron chi connectivity index (χ2n) is 6.10. The van der Waals surface area contributed by atoms with Crippen LogP contribution in [0.5, 0.6) is 0 Å². The molecule has 4 heteroatoms. The van der Waals surface area contributed by atoms with Crippen LogP contribution in [0.3, 0.4) is 0 Å². The molecule has 0 spiro atoms. The number of rotatable bonds is 2. The Bertz CT molecular complexity index is 1080. The van der Waals surface area contributed by atoms with Gasteiger partial charge in [-0.2, -0.15) is 0 Å². The highest BCUT2D eigenvalue weighted by Gasteiger charge is 2.19. The molecular formula is C21H16Br2N2. The molecule has 1 aromatic heterocycles. The van der Waals surface area contributed by atoms with E-state index in [2.05, 4.69) is 92.7 Å². The molecule has 0 aliphatic heterocycles.